The van der Waals surface area contributed by atoms with Gasteiger partial charge in [-0.15, -0.1) is 0 Å². The minimum atomic E-state index is -0.634. The zero-order valence-corrected chi connectivity index (χ0v) is 29.2. The largest absolute Gasteiger partial charge is 0.493 e. The summed E-state index contributed by atoms with van der Waals surface area (Å²) in [6.07, 6.45) is 13.6. The van der Waals surface area contributed by atoms with E-state index in [9.17, 15) is 14.4 Å². The third-order valence-corrected chi connectivity index (χ3v) is 7.59. The van der Waals surface area contributed by atoms with Gasteiger partial charge in [0.05, 0.1) is 13.2 Å². The molecular formula is C39H58O7. The number of benzene rings is 2. The fraction of sp³-hybridized carbons (Fsp3) is 0.564. The topological polar surface area (TPSA) is 88.1 Å². The van der Waals surface area contributed by atoms with Crippen molar-refractivity contribution in [3.8, 4) is 11.5 Å². The molecule has 0 aliphatic carbocycles. The minimum Gasteiger partial charge on any atom is -0.493 e. The Hall–Kier alpha value is -3.61. The summed E-state index contributed by atoms with van der Waals surface area (Å²) < 4.78 is 21.3. The van der Waals surface area contributed by atoms with E-state index >= 15 is 0 Å². The Kier molecular flexibility index (Phi) is 22.5. The molecule has 256 valence electrons. The molecule has 2 atom stereocenters. The number of carbonyl (C=O) groups is 3. The maximum absolute atomic E-state index is 11.7. The normalized spacial score (nSPS) is 12.0. The van der Waals surface area contributed by atoms with E-state index in [1.165, 1.54) is 56.6 Å². The number of ketones is 1. The number of carbonyl (C=O) groups excluding carboxylic acids is 3. The van der Waals surface area contributed by atoms with E-state index < -0.39 is 24.3 Å². The Bertz CT molecular complexity index is 1120. The molecule has 0 fully saturated rings. The monoisotopic (exact) mass is 638 g/mol. The summed E-state index contributed by atoms with van der Waals surface area (Å²) in [5.74, 6) is 1.54. The zero-order chi connectivity index (χ0) is 34.0. The first-order chi connectivity index (χ1) is 22.2. The zero-order valence-electron chi connectivity index (χ0n) is 29.2. The molecule has 0 saturated heterocycles. The van der Waals surface area contributed by atoms with Gasteiger partial charge in [-0.1, -0.05) is 103 Å². The van der Waals surface area contributed by atoms with Crippen molar-refractivity contribution in [1.29, 1.82) is 0 Å². The van der Waals surface area contributed by atoms with Crippen molar-refractivity contribution in [2.24, 2.45) is 11.8 Å². The number of unbranched alkanes of at least 4 members (excludes halogenated alkanes) is 2. The van der Waals surface area contributed by atoms with Crippen LogP contribution in [0.1, 0.15) is 110 Å². The van der Waals surface area contributed by atoms with Crippen molar-refractivity contribution in [2.75, 3.05) is 26.4 Å². The summed E-state index contributed by atoms with van der Waals surface area (Å²) in [7, 11) is 0. The molecule has 7 heteroatoms. The lowest BCUT2D eigenvalue weighted by molar-refractivity contribution is -0.151. The van der Waals surface area contributed by atoms with Crippen LogP contribution >= 0.6 is 0 Å². The molecule has 0 bridgehead atoms. The van der Waals surface area contributed by atoms with Crippen molar-refractivity contribution < 1.29 is 33.3 Å². The Balaban J connectivity index is 0.000000554. The van der Waals surface area contributed by atoms with Crippen LogP contribution in [-0.4, -0.2) is 44.1 Å². The maximum Gasteiger partial charge on any atom is 0.331 e. The van der Waals surface area contributed by atoms with Crippen LogP contribution in [0.15, 0.2) is 54.6 Å². The maximum atomic E-state index is 11.7. The van der Waals surface area contributed by atoms with Crippen molar-refractivity contribution >= 4 is 23.8 Å². The van der Waals surface area contributed by atoms with Crippen molar-refractivity contribution in [3.05, 3.63) is 65.7 Å². The van der Waals surface area contributed by atoms with E-state index in [2.05, 4.69) is 58.9 Å². The van der Waals surface area contributed by atoms with Crippen LogP contribution in [0.4, 0.5) is 0 Å². The smallest absolute Gasteiger partial charge is 0.331 e. The van der Waals surface area contributed by atoms with Crippen molar-refractivity contribution in [3.63, 3.8) is 0 Å². The molecule has 0 radical (unpaired) electrons. The van der Waals surface area contributed by atoms with E-state index in [4.69, 9.17) is 18.9 Å². The van der Waals surface area contributed by atoms with Gasteiger partial charge in [-0.3, -0.25) is 9.59 Å². The summed E-state index contributed by atoms with van der Waals surface area (Å²) >= 11 is 0. The van der Waals surface area contributed by atoms with Gasteiger partial charge in [0.1, 0.15) is 11.5 Å². The molecule has 0 aliphatic heterocycles. The Morgan fingerprint density at radius 3 is 1.65 bits per heavy atom. The summed E-state index contributed by atoms with van der Waals surface area (Å²) in [5, 5.41) is 0. The standard InChI is InChI=1S/C24H34O6.C15H24O/c1-4-7-9-19(6-3)16-28-22-13-10-20(11-14-22)12-15-24(27)30-18-21(25)17-29-23(26)8-5-2;1-4-6-7-14(5-2)12-16-15-10-8-13(3)9-11-15/h10-15,19H,4-9,16-18H2,1-3H3;8-11,14H,4-7,12H2,1-3H3/b15-12+;. The van der Waals surface area contributed by atoms with E-state index in [-0.39, 0.29) is 13.0 Å². The molecule has 0 heterocycles. The molecule has 7 nitrogen and oxygen atoms in total. The van der Waals surface area contributed by atoms with Gasteiger partial charge in [0, 0.05) is 12.5 Å². The number of aryl methyl sites for hydroxylation is 1. The first-order valence-electron chi connectivity index (χ1n) is 17.2. The fourth-order valence-corrected chi connectivity index (χ4v) is 4.38. The van der Waals surface area contributed by atoms with Gasteiger partial charge in [-0.2, -0.15) is 0 Å². The number of ether oxygens (including phenoxy) is 4. The Morgan fingerprint density at radius 1 is 0.674 bits per heavy atom. The van der Waals surface area contributed by atoms with Gasteiger partial charge < -0.3 is 18.9 Å². The van der Waals surface area contributed by atoms with Crippen LogP contribution in [-0.2, 0) is 23.9 Å². The minimum absolute atomic E-state index is 0.262. The summed E-state index contributed by atoms with van der Waals surface area (Å²) in [6, 6.07) is 15.8. The molecule has 2 aromatic carbocycles. The number of Topliss-reactive ketones (excluding diaryl/α,β-unsaturated/α-hetero) is 1. The molecule has 0 spiro atoms. The van der Waals surface area contributed by atoms with Gasteiger partial charge in [0.2, 0.25) is 5.78 Å². The molecule has 0 aliphatic rings. The summed E-state index contributed by atoms with van der Waals surface area (Å²) in [6.45, 7) is 13.6. The van der Waals surface area contributed by atoms with E-state index in [0.717, 1.165) is 30.1 Å². The van der Waals surface area contributed by atoms with Gasteiger partial charge in [0.25, 0.3) is 0 Å². The first-order valence-corrected chi connectivity index (χ1v) is 17.2. The van der Waals surface area contributed by atoms with Crippen LogP contribution in [0.5, 0.6) is 11.5 Å². The average Bonchev–Trinajstić information content (AvgIpc) is 3.07. The lowest BCUT2D eigenvalue weighted by Gasteiger charge is -2.15. The molecule has 0 amide bonds. The van der Waals surface area contributed by atoms with Gasteiger partial charge in [-0.05, 0) is 73.9 Å². The molecule has 0 N–H and O–H groups in total. The molecular weight excluding hydrogens is 580 g/mol. The second kappa shape index (κ2) is 25.6. The van der Waals surface area contributed by atoms with Gasteiger partial charge in [0.15, 0.2) is 13.2 Å². The molecule has 0 saturated carbocycles. The Morgan fingerprint density at radius 2 is 1.17 bits per heavy atom. The quantitative estimate of drug-likeness (QED) is 0.0938. The van der Waals surface area contributed by atoms with Gasteiger partial charge >= 0.3 is 11.9 Å². The van der Waals surface area contributed by atoms with Gasteiger partial charge in [-0.25, -0.2) is 4.79 Å². The van der Waals surface area contributed by atoms with E-state index in [1.54, 1.807) is 6.08 Å². The van der Waals surface area contributed by atoms with Crippen molar-refractivity contribution in [1.82, 2.24) is 0 Å². The highest BCUT2D eigenvalue weighted by Gasteiger charge is 2.10. The lowest BCUT2D eigenvalue weighted by Crippen LogP contribution is -2.19. The Labute approximate surface area is 278 Å². The molecule has 46 heavy (non-hydrogen) atoms. The average molecular weight is 639 g/mol. The van der Waals surface area contributed by atoms with Crippen LogP contribution in [0.25, 0.3) is 6.08 Å². The molecule has 0 aromatic heterocycles. The van der Waals surface area contributed by atoms with Crippen LogP contribution in [0.2, 0.25) is 0 Å². The number of esters is 2. The number of rotatable bonds is 22. The highest BCUT2D eigenvalue weighted by molar-refractivity contribution is 5.90. The predicted molar refractivity (Wildman–Crippen MR) is 186 cm³/mol. The lowest BCUT2D eigenvalue weighted by atomic mass is 10.0. The van der Waals surface area contributed by atoms with Crippen molar-refractivity contribution in [2.45, 2.75) is 106 Å². The number of hydrogen-bond acceptors (Lipinski definition) is 7. The second-order valence-electron chi connectivity index (χ2n) is 11.7. The van der Waals surface area contributed by atoms with E-state index in [0.29, 0.717) is 24.9 Å². The number of hydrogen-bond donors (Lipinski definition) is 0. The fourth-order valence-electron chi connectivity index (χ4n) is 4.38. The van der Waals surface area contributed by atoms with E-state index in [1.807, 2.05) is 31.2 Å². The van der Waals surface area contributed by atoms with Crippen LogP contribution in [0, 0.1) is 18.8 Å². The molecule has 2 aromatic rings. The van der Waals surface area contributed by atoms with Crippen LogP contribution in [0.3, 0.4) is 0 Å². The van der Waals surface area contributed by atoms with Crippen LogP contribution < -0.4 is 9.47 Å². The first kappa shape index (κ1) is 40.4. The molecule has 2 unspecified atom stereocenters. The highest BCUT2D eigenvalue weighted by atomic mass is 16.6. The third-order valence-electron chi connectivity index (χ3n) is 7.59. The molecule has 2 rings (SSSR count). The summed E-state index contributed by atoms with van der Waals surface area (Å²) in [4.78, 5) is 34.5. The summed E-state index contributed by atoms with van der Waals surface area (Å²) in [5.41, 5.74) is 2.10. The SMILES string of the molecule is CCCCC(CC)COc1ccc(/C=C/C(=O)OCC(=O)COC(=O)CCC)cc1.CCCCC(CC)COc1ccc(C)cc1. The second-order valence-corrected chi connectivity index (χ2v) is 11.7. The predicted octanol–water partition coefficient (Wildman–Crippen LogP) is 9.34. The highest BCUT2D eigenvalue weighted by Crippen LogP contribution is 2.19. The third kappa shape index (κ3) is 19.7.